The maximum absolute atomic E-state index is 12.2. The SMILES string of the molecule is CN(CC(=O)Nc1ccc(Br)cn1)Cc1nnnn1-c1ccc(S(C)(=O)=O)cc1. The zero-order valence-corrected chi connectivity index (χ0v) is 18.1. The van der Waals surface area contributed by atoms with Crippen LogP contribution in [-0.2, 0) is 21.2 Å². The van der Waals surface area contributed by atoms with Gasteiger partial charge in [-0.2, -0.15) is 4.68 Å². The lowest BCUT2D eigenvalue weighted by atomic mass is 10.3. The second-order valence-electron chi connectivity index (χ2n) is 6.36. The van der Waals surface area contributed by atoms with E-state index in [-0.39, 0.29) is 17.3 Å². The van der Waals surface area contributed by atoms with Crippen LogP contribution in [0.5, 0.6) is 0 Å². The molecule has 1 amide bonds. The third-order valence-electron chi connectivity index (χ3n) is 3.86. The number of aromatic nitrogens is 5. The molecule has 0 unspecified atom stereocenters. The average Bonchev–Trinajstić information content (AvgIpc) is 3.11. The first-order valence-electron chi connectivity index (χ1n) is 8.40. The van der Waals surface area contributed by atoms with Gasteiger partial charge in [0, 0.05) is 16.9 Å². The van der Waals surface area contributed by atoms with Crippen molar-refractivity contribution in [2.45, 2.75) is 11.4 Å². The predicted molar refractivity (Wildman–Crippen MR) is 109 cm³/mol. The molecule has 12 heteroatoms. The molecule has 0 saturated carbocycles. The van der Waals surface area contributed by atoms with Crippen molar-refractivity contribution in [3.05, 3.63) is 52.9 Å². The summed E-state index contributed by atoms with van der Waals surface area (Å²) >= 11 is 3.29. The number of likely N-dealkylation sites (N-methyl/N-ethyl adjacent to an activating group) is 1. The van der Waals surface area contributed by atoms with Crippen molar-refractivity contribution in [1.29, 1.82) is 0 Å². The second kappa shape index (κ2) is 8.76. The second-order valence-corrected chi connectivity index (χ2v) is 9.29. The Bertz CT molecular complexity index is 1100. The number of sulfone groups is 1. The first-order chi connectivity index (χ1) is 13.7. The van der Waals surface area contributed by atoms with Gasteiger partial charge in [0.1, 0.15) is 5.82 Å². The number of anilines is 1. The van der Waals surface area contributed by atoms with E-state index in [2.05, 4.69) is 41.8 Å². The Kier molecular flexibility index (Phi) is 6.35. The van der Waals surface area contributed by atoms with Crippen LogP contribution in [0.3, 0.4) is 0 Å². The smallest absolute Gasteiger partial charge is 0.239 e. The highest BCUT2D eigenvalue weighted by atomic mass is 79.9. The highest BCUT2D eigenvalue weighted by Gasteiger charge is 2.15. The molecule has 152 valence electrons. The number of tetrazole rings is 1. The molecule has 0 atom stereocenters. The molecule has 0 bridgehead atoms. The summed E-state index contributed by atoms with van der Waals surface area (Å²) in [6.07, 6.45) is 2.75. The molecule has 10 nitrogen and oxygen atoms in total. The Hall–Kier alpha value is -2.70. The molecule has 0 saturated heterocycles. The molecule has 3 aromatic rings. The number of halogens is 1. The summed E-state index contributed by atoms with van der Waals surface area (Å²) < 4.78 is 25.5. The quantitative estimate of drug-likeness (QED) is 0.537. The van der Waals surface area contributed by atoms with E-state index in [1.54, 1.807) is 42.4 Å². The van der Waals surface area contributed by atoms with Crippen molar-refractivity contribution in [3.8, 4) is 5.69 Å². The monoisotopic (exact) mass is 479 g/mol. The minimum Gasteiger partial charge on any atom is -0.310 e. The number of nitrogens with one attached hydrogen (secondary N) is 1. The number of rotatable bonds is 7. The van der Waals surface area contributed by atoms with Gasteiger partial charge in [0.2, 0.25) is 5.91 Å². The van der Waals surface area contributed by atoms with Gasteiger partial charge in [0.25, 0.3) is 0 Å². The van der Waals surface area contributed by atoms with Crippen LogP contribution >= 0.6 is 15.9 Å². The van der Waals surface area contributed by atoms with Crippen molar-refractivity contribution >= 4 is 37.5 Å². The van der Waals surface area contributed by atoms with Crippen LogP contribution in [0.2, 0.25) is 0 Å². The largest absolute Gasteiger partial charge is 0.310 e. The number of pyridine rings is 1. The summed E-state index contributed by atoms with van der Waals surface area (Å²) in [7, 11) is -1.52. The number of nitrogens with zero attached hydrogens (tertiary/aromatic N) is 6. The maximum atomic E-state index is 12.2. The summed E-state index contributed by atoms with van der Waals surface area (Å²) in [4.78, 5) is 18.3. The van der Waals surface area contributed by atoms with E-state index in [1.165, 1.54) is 16.8 Å². The van der Waals surface area contributed by atoms with E-state index in [9.17, 15) is 13.2 Å². The number of amides is 1. The molecule has 3 rings (SSSR count). The third kappa shape index (κ3) is 5.65. The number of benzene rings is 1. The topological polar surface area (TPSA) is 123 Å². The minimum absolute atomic E-state index is 0.109. The van der Waals surface area contributed by atoms with E-state index in [4.69, 9.17) is 0 Å². The van der Waals surface area contributed by atoms with Crippen molar-refractivity contribution in [3.63, 3.8) is 0 Å². The number of hydrogen-bond donors (Lipinski definition) is 1. The highest BCUT2D eigenvalue weighted by Crippen LogP contribution is 2.14. The molecule has 0 aliphatic heterocycles. The van der Waals surface area contributed by atoms with Gasteiger partial charge in [-0.05, 0) is 69.8 Å². The fraction of sp³-hybridized carbons (Fsp3) is 0.235. The van der Waals surface area contributed by atoms with E-state index in [0.29, 0.717) is 23.9 Å². The third-order valence-corrected chi connectivity index (χ3v) is 5.46. The number of carbonyl (C=O) groups excluding carboxylic acids is 1. The first-order valence-corrected chi connectivity index (χ1v) is 11.1. The molecule has 1 aromatic carbocycles. The van der Waals surface area contributed by atoms with Gasteiger partial charge in [-0.15, -0.1) is 5.10 Å². The van der Waals surface area contributed by atoms with E-state index < -0.39 is 9.84 Å². The molecular weight excluding hydrogens is 462 g/mol. The average molecular weight is 480 g/mol. The summed E-state index contributed by atoms with van der Waals surface area (Å²) in [5.41, 5.74) is 0.620. The summed E-state index contributed by atoms with van der Waals surface area (Å²) in [5, 5.41) is 14.3. The molecule has 0 aliphatic carbocycles. The van der Waals surface area contributed by atoms with Crippen LogP contribution in [0.1, 0.15) is 5.82 Å². The van der Waals surface area contributed by atoms with Crippen LogP contribution in [0.25, 0.3) is 5.69 Å². The Labute approximate surface area is 176 Å². The van der Waals surface area contributed by atoms with Crippen LogP contribution in [0.15, 0.2) is 52.0 Å². The van der Waals surface area contributed by atoms with Crippen molar-refractivity contribution < 1.29 is 13.2 Å². The Morgan fingerprint density at radius 1 is 1.21 bits per heavy atom. The lowest BCUT2D eigenvalue weighted by Gasteiger charge is -2.15. The standard InChI is InChI=1S/C17H18BrN7O3S/c1-24(11-17(26)20-15-8-3-12(18)9-19-15)10-16-21-22-23-25(16)13-4-6-14(7-5-13)29(2,27)28/h3-9H,10-11H2,1-2H3,(H,19,20,26). The normalized spacial score (nSPS) is 11.6. The Morgan fingerprint density at radius 2 is 1.93 bits per heavy atom. The lowest BCUT2D eigenvalue weighted by molar-refractivity contribution is -0.117. The van der Waals surface area contributed by atoms with Gasteiger partial charge in [0.15, 0.2) is 15.7 Å². The molecule has 0 spiro atoms. The van der Waals surface area contributed by atoms with Crippen molar-refractivity contribution in [2.24, 2.45) is 0 Å². The fourth-order valence-corrected chi connectivity index (χ4v) is 3.38. The maximum Gasteiger partial charge on any atom is 0.239 e. The number of hydrogen-bond acceptors (Lipinski definition) is 8. The van der Waals surface area contributed by atoms with Gasteiger partial charge in [-0.1, -0.05) is 0 Å². The van der Waals surface area contributed by atoms with Gasteiger partial charge in [-0.3, -0.25) is 9.69 Å². The molecular formula is C17H18BrN7O3S. The zero-order valence-electron chi connectivity index (χ0n) is 15.6. The summed E-state index contributed by atoms with van der Waals surface area (Å²) in [6.45, 7) is 0.416. The molecule has 0 aliphatic rings. The summed E-state index contributed by atoms with van der Waals surface area (Å²) in [6, 6.07) is 9.74. The van der Waals surface area contributed by atoms with Gasteiger partial charge >= 0.3 is 0 Å². The fourth-order valence-electron chi connectivity index (χ4n) is 2.51. The van der Waals surface area contributed by atoms with E-state index >= 15 is 0 Å². The molecule has 1 N–H and O–H groups in total. The molecule has 2 aromatic heterocycles. The molecule has 2 heterocycles. The molecule has 0 fully saturated rings. The van der Waals surface area contributed by atoms with Crippen LogP contribution in [0.4, 0.5) is 5.82 Å². The highest BCUT2D eigenvalue weighted by molar-refractivity contribution is 9.10. The Balaban J connectivity index is 1.64. The molecule has 0 radical (unpaired) electrons. The van der Waals surface area contributed by atoms with Crippen LogP contribution < -0.4 is 5.32 Å². The Morgan fingerprint density at radius 3 is 2.55 bits per heavy atom. The molecule has 29 heavy (non-hydrogen) atoms. The predicted octanol–water partition coefficient (Wildman–Crippen LogP) is 1.29. The van der Waals surface area contributed by atoms with Gasteiger partial charge in [0.05, 0.1) is 23.7 Å². The number of carbonyl (C=O) groups is 1. The van der Waals surface area contributed by atoms with Crippen molar-refractivity contribution in [2.75, 3.05) is 25.2 Å². The summed E-state index contributed by atoms with van der Waals surface area (Å²) in [5.74, 6) is 0.746. The van der Waals surface area contributed by atoms with Crippen LogP contribution in [0, 0.1) is 0 Å². The van der Waals surface area contributed by atoms with Gasteiger partial charge in [-0.25, -0.2) is 13.4 Å². The van der Waals surface area contributed by atoms with Gasteiger partial charge < -0.3 is 5.32 Å². The first kappa shape index (κ1) is 21.0. The van der Waals surface area contributed by atoms with Crippen molar-refractivity contribution in [1.82, 2.24) is 30.1 Å². The zero-order chi connectivity index (χ0) is 21.0. The van der Waals surface area contributed by atoms with E-state index in [0.717, 1.165) is 10.7 Å². The van der Waals surface area contributed by atoms with Crippen LogP contribution in [-0.4, -0.2) is 64.3 Å². The minimum atomic E-state index is -3.28. The lowest BCUT2D eigenvalue weighted by Crippen LogP contribution is -2.31. The van der Waals surface area contributed by atoms with E-state index in [1.807, 2.05) is 0 Å².